The molecule has 1 aliphatic rings. The fourth-order valence-electron chi connectivity index (χ4n) is 2.90. The van der Waals surface area contributed by atoms with Crippen LogP contribution in [0.4, 0.5) is 4.39 Å². The molecule has 3 aromatic rings. The van der Waals surface area contributed by atoms with Gasteiger partial charge in [-0.3, -0.25) is 4.79 Å². The Labute approximate surface area is 155 Å². The Balaban J connectivity index is 1.39. The summed E-state index contributed by atoms with van der Waals surface area (Å²) >= 11 is 0. The highest BCUT2D eigenvalue weighted by Gasteiger charge is 2.16. The molecular formula is C20H18FN3O3. The van der Waals surface area contributed by atoms with Gasteiger partial charge >= 0.3 is 0 Å². The van der Waals surface area contributed by atoms with Gasteiger partial charge in [0.1, 0.15) is 5.82 Å². The second kappa shape index (κ2) is 7.11. The number of aromatic nitrogens is 2. The number of carbonyl (C=O) groups excluding carboxylic acids is 1. The van der Waals surface area contributed by atoms with Crippen molar-refractivity contribution in [1.82, 2.24) is 14.7 Å². The molecule has 1 aliphatic heterocycles. The van der Waals surface area contributed by atoms with Crippen molar-refractivity contribution in [1.29, 1.82) is 0 Å². The normalized spacial score (nSPS) is 12.2. The summed E-state index contributed by atoms with van der Waals surface area (Å²) in [5, 5.41) is 4.28. The number of rotatable bonds is 5. The van der Waals surface area contributed by atoms with E-state index in [9.17, 15) is 9.18 Å². The quantitative estimate of drug-likeness (QED) is 0.696. The number of amides is 1. The molecule has 0 atom stereocenters. The van der Waals surface area contributed by atoms with Crippen LogP contribution in [0.15, 0.2) is 54.9 Å². The lowest BCUT2D eigenvalue weighted by molar-refractivity contribution is -0.129. The van der Waals surface area contributed by atoms with Crippen LogP contribution in [-0.4, -0.2) is 34.4 Å². The van der Waals surface area contributed by atoms with Gasteiger partial charge in [0.25, 0.3) is 0 Å². The number of fused-ring (bicyclic) bond motifs is 1. The first-order valence-corrected chi connectivity index (χ1v) is 8.50. The van der Waals surface area contributed by atoms with Crippen molar-refractivity contribution < 1.29 is 18.7 Å². The van der Waals surface area contributed by atoms with Crippen LogP contribution in [0.3, 0.4) is 0 Å². The maximum Gasteiger partial charge on any atom is 0.231 e. The molecule has 0 saturated heterocycles. The van der Waals surface area contributed by atoms with Gasteiger partial charge in [0.15, 0.2) is 11.5 Å². The highest BCUT2D eigenvalue weighted by atomic mass is 19.1. The van der Waals surface area contributed by atoms with Crippen molar-refractivity contribution in [2.45, 2.75) is 13.0 Å². The first-order valence-electron chi connectivity index (χ1n) is 8.50. The van der Waals surface area contributed by atoms with E-state index < -0.39 is 0 Å². The Morgan fingerprint density at radius 2 is 1.93 bits per heavy atom. The van der Waals surface area contributed by atoms with Gasteiger partial charge in [0, 0.05) is 25.4 Å². The maximum absolute atomic E-state index is 13.0. The summed E-state index contributed by atoms with van der Waals surface area (Å²) in [6.45, 7) is 0.648. The van der Waals surface area contributed by atoms with Crippen LogP contribution in [0.5, 0.6) is 11.5 Å². The van der Waals surface area contributed by atoms with Crippen molar-refractivity contribution in [3.05, 3.63) is 71.8 Å². The molecule has 2 heterocycles. The highest BCUT2D eigenvalue weighted by Crippen LogP contribution is 2.32. The first kappa shape index (κ1) is 17.1. The van der Waals surface area contributed by atoms with Crippen molar-refractivity contribution in [2.75, 3.05) is 13.8 Å². The van der Waals surface area contributed by atoms with Crippen LogP contribution in [0.2, 0.25) is 0 Å². The van der Waals surface area contributed by atoms with Crippen LogP contribution >= 0.6 is 0 Å². The monoisotopic (exact) mass is 367 g/mol. The van der Waals surface area contributed by atoms with E-state index in [2.05, 4.69) is 5.10 Å². The third-order valence-electron chi connectivity index (χ3n) is 4.37. The van der Waals surface area contributed by atoms with E-state index in [1.54, 1.807) is 35.0 Å². The van der Waals surface area contributed by atoms with Crippen LogP contribution in [0.25, 0.3) is 5.69 Å². The average molecular weight is 367 g/mol. The lowest BCUT2D eigenvalue weighted by Crippen LogP contribution is -2.27. The Morgan fingerprint density at radius 1 is 1.15 bits per heavy atom. The summed E-state index contributed by atoms with van der Waals surface area (Å²) in [7, 11) is 1.75. The molecule has 4 rings (SSSR count). The Morgan fingerprint density at radius 3 is 2.74 bits per heavy atom. The van der Waals surface area contributed by atoms with Gasteiger partial charge in [-0.25, -0.2) is 9.07 Å². The molecule has 0 unspecified atom stereocenters. The zero-order valence-electron chi connectivity index (χ0n) is 14.8. The third-order valence-corrected chi connectivity index (χ3v) is 4.37. The Kier molecular flexibility index (Phi) is 4.50. The predicted octanol–water partition coefficient (Wildman–Crippen LogP) is 2.94. The molecule has 6 nitrogen and oxygen atoms in total. The third kappa shape index (κ3) is 3.76. The molecule has 0 aliphatic carbocycles. The lowest BCUT2D eigenvalue weighted by Gasteiger charge is -2.16. The van der Waals surface area contributed by atoms with E-state index in [4.69, 9.17) is 9.47 Å². The summed E-state index contributed by atoms with van der Waals surface area (Å²) in [6, 6.07) is 11.6. The zero-order chi connectivity index (χ0) is 18.8. The molecule has 0 fully saturated rings. The molecule has 2 aromatic carbocycles. The van der Waals surface area contributed by atoms with E-state index in [0.29, 0.717) is 18.0 Å². The van der Waals surface area contributed by atoms with E-state index in [1.807, 2.05) is 24.4 Å². The number of carbonyl (C=O) groups is 1. The van der Waals surface area contributed by atoms with Crippen molar-refractivity contribution in [3.8, 4) is 17.2 Å². The molecule has 0 spiro atoms. The maximum atomic E-state index is 13.0. The standard InChI is InChI=1S/C20H18FN3O3/c1-23(20(25)9-14-2-7-18-19(8-14)27-13-26-18)11-15-10-22-24(12-15)17-5-3-16(21)4-6-17/h2-8,10,12H,9,11,13H2,1H3. The van der Waals surface area contributed by atoms with Gasteiger partial charge in [-0.2, -0.15) is 5.10 Å². The molecule has 27 heavy (non-hydrogen) atoms. The summed E-state index contributed by atoms with van der Waals surface area (Å²) in [6.07, 6.45) is 3.81. The van der Waals surface area contributed by atoms with Crippen LogP contribution in [0.1, 0.15) is 11.1 Å². The molecule has 7 heteroatoms. The fraction of sp³-hybridized carbons (Fsp3) is 0.200. The molecule has 0 bridgehead atoms. The van der Waals surface area contributed by atoms with Crippen molar-refractivity contribution in [2.24, 2.45) is 0 Å². The summed E-state index contributed by atoms with van der Waals surface area (Å²) < 4.78 is 25.3. The zero-order valence-corrected chi connectivity index (χ0v) is 14.8. The Hall–Kier alpha value is -3.35. The number of halogens is 1. The molecule has 0 N–H and O–H groups in total. The number of benzene rings is 2. The number of hydrogen-bond acceptors (Lipinski definition) is 4. The minimum atomic E-state index is -0.292. The average Bonchev–Trinajstić information content (AvgIpc) is 3.31. The van der Waals surface area contributed by atoms with Crippen LogP contribution in [-0.2, 0) is 17.8 Å². The molecule has 0 saturated carbocycles. The molecule has 1 amide bonds. The minimum absolute atomic E-state index is 0.0107. The van der Waals surface area contributed by atoms with E-state index in [1.165, 1.54) is 12.1 Å². The Bertz CT molecular complexity index is 969. The van der Waals surface area contributed by atoms with Gasteiger partial charge in [-0.1, -0.05) is 6.07 Å². The molecule has 0 radical (unpaired) electrons. The van der Waals surface area contributed by atoms with Gasteiger partial charge in [0.05, 0.1) is 18.3 Å². The summed E-state index contributed by atoms with van der Waals surface area (Å²) in [5.74, 6) is 1.07. The molecular weight excluding hydrogens is 349 g/mol. The van der Waals surface area contributed by atoms with E-state index >= 15 is 0 Å². The topological polar surface area (TPSA) is 56.6 Å². The van der Waals surface area contributed by atoms with Gasteiger partial charge in [-0.05, 0) is 42.0 Å². The number of hydrogen-bond donors (Lipinski definition) is 0. The van der Waals surface area contributed by atoms with Gasteiger partial charge in [0.2, 0.25) is 12.7 Å². The number of ether oxygens (including phenoxy) is 2. The van der Waals surface area contributed by atoms with Gasteiger partial charge < -0.3 is 14.4 Å². The highest BCUT2D eigenvalue weighted by molar-refractivity contribution is 5.78. The van der Waals surface area contributed by atoms with Gasteiger partial charge in [-0.15, -0.1) is 0 Å². The van der Waals surface area contributed by atoms with Crippen molar-refractivity contribution in [3.63, 3.8) is 0 Å². The predicted molar refractivity (Wildman–Crippen MR) is 96.3 cm³/mol. The minimum Gasteiger partial charge on any atom is -0.454 e. The molecule has 1 aromatic heterocycles. The largest absolute Gasteiger partial charge is 0.454 e. The number of likely N-dealkylation sites (N-methyl/N-ethyl adjacent to an activating group) is 1. The van der Waals surface area contributed by atoms with E-state index in [0.717, 1.165) is 16.8 Å². The molecule has 138 valence electrons. The van der Waals surface area contributed by atoms with Crippen molar-refractivity contribution >= 4 is 5.91 Å². The SMILES string of the molecule is CN(Cc1cnn(-c2ccc(F)cc2)c1)C(=O)Cc1ccc2c(c1)OCO2. The van der Waals surface area contributed by atoms with Crippen LogP contribution < -0.4 is 9.47 Å². The first-order chi connectivity index (χ1) is 13.1. The smallest absolute Gasteiger partial charge is 0.231 e. The lowest BCUT2D eigenvalue weighted by atomic mass is 10.1. The summed E-state index contributed by atoms with van der Waals surface area (Å²) in [4.78, 5) is 14.2. The fourth-order valence-corrected chi connectivity index (χ4v) is 2.90. The number of nitrogens with zero attached hydrogens (tertiary/aromatic N) is 3. The van der Waals surface area contributed by atoms with E-state index in [-0.39, 0.29) is 24.9 Å². The van der Waals surface area contributed by atoms with Crippen LogP contribution in [0, 0.1) is 5.82 Å². The second-order valence-corrected chi connectivity index (χ2v) is 6.38. The summed E-state index contributed by atoms with van der Waals surface area (Å²) in [5.41, 5.74) is 2.52. The second-order valence-electron chi connectivity index (χ2n) is 6.38.